The van der Waals surface area contributed by atoms with Crippen LogP contribution in [-0.4, -0.2) is 23.7 Å². The Balaban J connectivity index is 3.08. The minimum Gasteiger partial charge on any atom is -0.354 e. The van der Waals surface area contributed by atoms with Gasteiger partial charge < -0.3 is 5.32 Å². The highest BCUT2D eigenvalue weighted by molar-refractivity contribution is 7.99. The number of pyridine rings is 1. The summed E-state index contributed by atoms with van der Waals surface area (Å²) in [5.74, 6) is 0.691. The fourth-order valence-corrected chi connectivity index (χ4v) is 1.87. The molecule has 3 nitrogen and oxygen atoms in total. The first-order valence-electron chi connectivity index (χ1n) is 4.20. The molecule has 0 saturated heterocycles. The molecule has 0 fully saturated rings. The van der Waals surface area contributed by atoms with Gasteiger partial charge in [0, 0.05) is 11.9 Å². The van der Waals surface area contributed by atoms with Gasteiger partial charge in [-0.25, -0.2) is 4.98 Å². The molecule has 1 aromatic rings. The molecule has 0 atom stereocenters. The summed E-state index contributed by atoms with van der Waals surface area (Å²) < 4.78 is 0. The molecular weight excluding hydrogens is 220 g/mol. The molecule has 14 heavy (non-hydrogen) atoms. The summed E-state index contributed by atoms with van der Waals surface area (Å²) in [5, 5.41) is 2.87. The van der Waals surface area contributed by atoms with Crippen LogP contribution in [0.15, 0.2) is 17.0 Å². The van der Waals surface area contributed by atoms with Gasteiger partial charge in [-0.1, -0.05) is 18.5 Å². The van der Waals surface area contributed by atoms with Gasteiger partial charge in [-0.3, -0.25) is 4.79 Å². The second-order valence-corrected chi connectivity index (χ2v) is 4.19. The summed E-state index contributed by atoms with van der Waals surface area (Å²) in [6.07, 6.45) is 0. The Morgan fingerprint density at radius 3 is 2.93 bits per heavy atom. The van der Waals surface area contributed by atoms with Gasteiger partial charge in [0.15, 0.2) is 0 Å². The summed E-state index contributed by atoms with van der Waals surface area (Å²) in [6, 6.07) is 3.50. The Labute approximate surface area is 92.2 Å². The molecule has 0 spiro atoms. The van der Waals surface area contributed by atoms with E-state index in [0.717, 1.165) is 10.6 Å². The maximum atomic E-state index is 11.4. The van der Waals surface area contributed by atoms with Crippen molar-refractivity contribution in [3.8, 4) is 0 Å². The number of nitrogens with zero attached hydrogens (tertiary/aromatic N) is 1. The molecule has 1 amide bonds. The molecule has 1 heterocycles. The molecule has 0 aromatic carbocycles. The molecule has 0 unspecified atom stereocenters. The van der Waals surface area contributed by atoms with E-state index in [2.05, 4.69) is 10.3 Å². The topological polar surface area (TPSA) is 42.0 Å². The van der Waals surface area contributed by atoms with Crippen LogP contribution >= 0.6 is 23.4 Å². The van der Waals surface area contributed by atoms with Crippen molar-refractivity contribution in [1.82, 2.24) is 10.3 Å². The molecule has 0 aliphatic heterocycles. The summed E-state index contributed by atoms with van der Waals surface area (Å²) in [7, 11) is 1.57. The monoisotopic (exact) mass is 230 g/mol. The first-order valence-corrected chi connectivity index (χ1v) is 5.56. The van der Waals surface area contributed by atoms with E-state index in [1.54, 1.807) is 24.9 Å². The Morgan fingerprint density at radius 1 is 1.64 bits per heavy atom. The molecule has 0 aliphatic carbocycles. The van der Waals surface area contributed by atoms with Gasteiger partial charge in [0.05, 0.1) is 0 Å². The second kappa shape index (κ2) is 5.22. The van der Waals surface area contributed by atoms with Crippen LogP contribution in [0.2, 0.25) is 5.15 Å². The lowest BCUT2D eigenvalue weighted by molar-refractivity contribution is 0.0955. The van der Waals surface area contributed by atoms with Crippen molar-refractivity contribution in [3.63, 3.8) is 0 Å². The van der Waals surface area contributed by atoms with Crippen LogP contribution in [0.1, 0.15) is 17.4 Å². The van der Waals surface area contributed by atoms with Crippen LogP contribution in [-0.2, 0) is 0 Å². The number of thioether (sulfide) groups is 1. The minimum absolute atomic E-state index is 0.205. The van der Waals surface area contributed by atoms with Crippen LogP contribution in [0.4, 0.5) is 0 Å². The zero-order chi connectivity index (χ0) is 10.6. The number of carbonyl (C=O) groups excluding carboxylic acids is 1. The summed E-state index contributed by atoms with van der Waals surface area (Å²) in [6.45, 7) is 2.02. The molecule has 0 aliphatic rings. The van der Waals surface area contributed by atoms with Crippen molar-refractivity contribution < 1.29 is 4.79 Å². The highest BCUT2D eigenvalue weighted by Crippen LogP contribution is 2.22. The summed E-state index contributed by atoms with van der Waals surface area (Å²) >= 11 is 7.29. The number of rotatable bonds is 3. The Kier molecular flexibility index (Phi) is 4.22. The molecule has 0 radical (unpaired) electrons. The fraction of sp³-hybridized carbons (Fsp3) is 0.333. The van der Waals surface area contributed by atoms with E-state index < -0.39 is 0 Å². The number of hydrogen-bond acceptors (Lipinski definition) is 3. The molecule has 0 bridgehead atoms. The van der Waals surface area contributed by atoms with Gasteiger partial charge >= 0.3 is 0 Å². The third-order valence-corrected chi connectivity index (χ3v) is 2.71. The Morgan fingerprint density at radius 2 is 2.36 bits per heavy atom. The second-order valence-electron chi connectivity index (χ2n) is 2.49. The molecule has 5 heteroatoms. The number of aromatic nitrogens is 1. The fourth-order valence-electron chi connectivity index (χ4n) is 0.976. The largest absolute Gasteiger partial charge is 0.354 e. The average Bonchev–Trinajstić information content (AvgIpc) is 2.20. The zero-order valence-corrected chi connectivity index (χ0v) is 9.58. The van der Waals surface area contributed by atoms with E-state index in [-0.39, 0.29) is 5.91 Å². The quantitative estimate of drug-likeness (QED) is 0.640. The molecule has 0 saturated carbocycles. The van der Waals surface area contributed by atoms with E-state index >= 15 is 0 Å². The average molecular weight is 231 g/mol. The smallest absolute Gasteiger partial charge is 0.270 e. The van der Waals surface area contributed by atoms with E-state index in [4.69, 9.17) is 11.6 Å². The van der Waals surface area contributed by atoms with Crippen molar-refractivity contribution in [1.29, 1.82) is 0 Å². The zero-order valence-electron chi connectivity index (χ0n) is 8.00. The van der Waals surface area contributed by atoms with Gasteiger partial charge in [0.1, 0.15) is 10.8 Å². The maximum absolute atomic E-state index is 11.4. The minimum atomic E-state index is -0.205. The SMILES string of the molecule is CCSc1ccc(Cl)nc1C(=O)NC. The van der Waals surface area contributed by atoms with Crippen LogP contribution in [0, 0.1) is 0 Å². The first-order chi connectivity index (χ1) is 6.69. The van der Waals surface area contributed by atoms with E-state index in [0.29, 0.717) is 10.8 Å². The molecular formula is C9H11ClN2OS. The highest BCUT2D eigenvalue weighted by Gasteiger charge is 2.12. The third kappa shape index (κ3) is 2.62. The lowest BCUT2D eigenvalue weighted by atomic mass is 10.3. The van der Waals surface area contributed by atoms with Crippen LogP contribution in [0.3, 0.4) is 0 Å². The number of hydrogen-bond donors (Lipinski definition) is 1. The van der Waals surface area contributed by atoms with E-state index in [1.165, 1.54) is 0 Å². The van der Waals surface area contributed by atoms with Crippen LogP contribution < -0.4 is 5.32 Å². The van der Waals surface area contributed by atoms with E-state index in [1.807, 2.05) is 13.0 Å². The van der Waals surface area contributed by atoms with Crippen molar-refractivity contribution in [3.05, 3.63) is 23.0 Å². The van der Waals surface area contributed by atoms with Gasteiger partial charge in [-0.05, 0) is 17.9 Å². The number of halogens is 1. The number of amides is 1. The summed E-state index contributed by atoms with van der Waals surface area (Å²) in [4.78, 5) is 16.3. The predicted molar refractivity (Wildman–Crippen MR) is 59.0 cm³/mol. The maximum Gasteiger partial charge on any atom is 0.270 e. The normalized spacial score (nSPS) is 9.93. The lowest BCUT2D eigenvalue weighted by Gasteiger charge is -2.05. The van der Waals surface area contributed by atoms with Crippen molar-refractivity contribution in [2.24, 2.45) is 0 Å². The first kappa shape index (κ1) is 11.3. The molecule has 1 rings (SSSR count). The highest BCUT2D eigenvalue weighted by atomic mass is 35.5. The van der Waals surface area contributed by atoms with Crippen molar-refractivity contribution >= 4 is 29.3 Å². The van der Waals surface area contributed by atoms with E-state index in [9.17, 15) is 4.79 Å². The lowest BCUT2D eigenvalue weighted by Crippen LogP contribution is -2.20. The standard InChI is InChI=1S/C9H11ClN2OS/c1-3-14-6-4-5-7(10)12-8(6)9(13)11-2/h4-5H,3H2,1-2H3,(H,11,13). The molecule has 1 N–H and O–H groups in total. The Hall–Kier alpha value is -0.740. The molecule has 76 valence electrons. The van der Waals surface area contributed by atoms with Gasteiger partial charge in [-0.15, -0.1) is 11.8 Å². The van der Waals surface area contributed by atoms with Gasteiger partial charge in [0.2, 0.25) is 0 Å². The van der Waals surface area contributed by atoms with Gasteiger partial charge in [-0.2, -0.15) is 0 Å². The number of nitrogens with one attached hydrogen (secondary N) is 1. The molecule has 1 aromatic heterocycles. The predicted octanol–water partition coefficient (Wildman–Crippen LogP) is 2.21. The Bertz CT molecular complexity index is 344. The van der Waals surface area contributed by atoms with Crippen molar-refractivity contribution in [2.45, 2.75) is 11.8 Å². The van der Waals surface area contributed by atoms with Crippen molar-refractivity contribution in [2.75, 3.05) is 12.8 Å². The van der Waals surface area contributed by atoms with Crippen LogP contribution in [0.5, 0.6) is 0 Å². The summed E-state index contributed by atoms with van der Waals surface area (Å²) in [5.41, 5.74) is 0.395. The van der Waals surface area contributed by atoms with Crippen LogP contribution in [0.25, 0.3) is 0 Å². The van der Waals surface area contributed by atoms with Gasteiger partial charge in [0.25, 0.3) is 5.91 Å². The number of carbonyl (C=O) groups is 1. The third-order valence-electron chi connectivity index (χ3n) is 1.57.